The lowest BCUT2D eigenvalue weighted by Crippen LogP contribution is -2.27. The molecule has 1 N–H and O–H groups in total. The normalized spacial score (nSPS) is 18.8. The molecule has 26 heavy (non-hydrogen) atoms. The molecule has 1 saturated carbocycles. The van der Waals surface area contributed by atoms with Gasteiger partial charge in [-0.2, -0.15) is 0 Å². The van der Waals surface area contributed by atoms with Crippen LogP contribution in [0.1, 0.15) is 42.9 Å². The summed E-state index contributed by atoms with van der Waals surface area (Å²) >= 11 is 0. The van der Waals surface area contributed by atoms with Crippen molar-refractivity contribution in [1.29, 1.82) is 0 Å². The van der Waals surface area contributed by atoms with E-state index in [4.69, 9.17) is 0 Å². The van der Waals surface area contributed by atoms with E-state index < -0.39 is 0 Å². The van der Waals surface area contributed by atoms with E-state index in [0.29, 0.717) is 12.1 Å². The first-order chi connectivity index (χ1) is 12.6. The number of benzene rings is 2. The summed E-state index contributed by atoms with van der Waals surface area (Å²) in [6.07, 6.45) is 0.730. The molecule has 0 bridgehead atoms. The van der Waals surface area contributed by atoms with E-state index >= 15 is 0 Å². The van der Waals surface area contributed by atoms with Crippen LogP contribution in [0.15, 0.2) is 48.5 Å². The molecule has 2 unspecified atom stereocenters. The van der Waals surface area contributed by atoms with Gasteiger partial charge in [0, 0.05) is 19.0 Å². The Morgan fingerprint density at radius 1 is 1.08 bits per heavy atom. The molecule has 0 saturated heterocycles. The monoisotopic (exact) mass is 354 g/mol. The molecule has 1 amide bonds. The van der Waals surface area contributed by atoms with E-state index in [1.54, 1.807) is 12.1 Å². The van der Waals surface area contributed by atoms with Crippen molar-refractivity contribution in [2.75, 3.05) is 13.1 Å². The molecule has 3 rings (SSSR count). The van der Waals surface area contributed by atoms with Crippen molar-refractivity contribution < 1.29 is 9.18 Å². The van der Waals surface area contributed by atoms with Gasteiger partial charge < -0.3 is 5.32 Å². The zero-order valence-electron chi connectivity index (χ0n) is 15.5. The van der Waals surface area contributed by atoms with Gasteiger partial charge in [0.1, 0.15) is 5.82 Å². The average molecular weight is 354 g/mol. The van der Waals surface area contributed by atoms with Gasteiger partial charge in [-0.3, -0.25) is 9.69 Å². The Morgan fingerprint density at radius 3 is 2.42 bits per heavy atom. The zero-order valence-corrected chi connectivity index (χ0v) is 15.5. The molecule has 1 fully saturated rings. The quantitative estimate of drug-likeness (QED) is 0.774. The van der Waals surface area contributed by atoms with Crippen LogP contribution in [0.5, 0.6) is 0 Å². The van der Waals surface area contributed by atoms with Crippen molar-refractivity contribution in [3.8, 4) is 0 Å². The van der Waals surface area contributed by atoms with E-state index in [1.807, 2.05) is 18.2 Å². The van der Waals surface area contributed by atoms with Gasteiger partial charge >= 0.3 is 0 Å². The van der Waals surface area contributed by atoms with E-state index in [2.05, 4.69) is 36.2 Å². The summed E-state index contributed by atoms with van der Waals surface area (Å²) in [7, 11) is 0. The summed E-state index contributed by atoms with van der Waals surface area (Å²) in [6, 6.07) is 15.0. The van der Waals surface area contributed by atoms with Gasteiger partial charge in [-0.15, -0.1) is 0 Å². The van der Waals surface area contributed by atoms with Crippen molar-refractivity contribution in [3.05, 3.63) is 71.0 Å². The molecular weight excluding hydrogens is 327 g/mol. The second kappa shape index (κ2) is 8.45. The standard InChI is InChI=1S/C22H27FN2O/c1-3-25(4-2)15-17-10-6-5-9-16(17)14-24-22(26)20-13-19(20)18-11-7-8-12-21(18)23/h5-12,19-20H,3-4,13-15H2,1-2H3,(H,24,26). The third-order valence-corrected chi connectivity index (χ3v) is 5.29. The fraction of sp³-hybridized carbons (Fsp3) is 0.409. The molecular formula is C22H27FN2O. The highest BCUT2D eigenvalue weighted by Gasteiger charge is 2.44. The van der Waals surface area contributed by atoms with Crippen molar-refractivity contribution in [3.63, 3.8) is 0 Å². The average Bonchev–Trinajstić information content (AvgIpc) is 3.46. The summed E-state index contributed by atoms with van der Waals surface area (Å²) in [5.41, 5.74) is 3.06. The Bertz CT molecular complexity index is 757. The lowest BCUT2D eigenvalue weighted by Gasteiger charge is -2.20. The second-order valence-electron chi connectivity index (χ2n) is 6.92. The van der Waals surface area contributed by atoms with Gasteiger partial charge in [-0.25, -0.2) is 4.39 Å². The molecule has 0 aliphatic heterocycles. The molecule has 0 radical (unpaired) electrons. The van der Waals surface area contributed by atoms with Gasteiger partial charge in [0.25, 0.3) is 0 Å². The fourth-order valence-electron chi connectivity index (χ4n) is 3.49. The van der Waals surface area contributed by atoms with Crippen LogP contribution in [0, 0.1) is 11.7 Å². The van der Waals surface area contributed by atoms with Crippen LogP contribution >= 0.6 is 0 Å². The minimum atomic E-state index is -0.211. The van der Waals surface area contributed by atoms with E-state index in [1.165, 1.54) is 11.6 Å². The lowest BCUT2D eigenvalue weighted by molar-refractivity contribution is -0.122. The SMILES string of the molecule is CCN(CC)Cc1ccccc1CNC(=O)C1CC1c1ccccc1F. The first-order valence-electron chi connectivity index (χ1n) is 9.45. The highest BCUT2D eigenvalue weighted by atomic mass is 19.1. The van der Waals surface area contributed by atoms with Crippen molar-refractivity contribution in [1.82, 2.24) is 10.2 Å². The Labute approximate surface area is 155 Å². The van der Waals surface area contributed by atoms with Crippen molar-refractivity contribution >= 4 is 5.91 Å². The Balaban J connectivity index is 1.58. The van der Waals surface area contributed by atoms with Crippen LogP contribution in [-0.2, 0) is 17.9 Å². The van der Waals surface area contributed by atoms with Crippen LogP contribution in [-0.4, -0.2) is 23.9 Å². The summed E-state index contributed by atoms with van der Waals surface area (Å²) in [4.78, 5) is 14.8. The van der Waals surface area contributed by atoms with Gasteiger partial charge in [0.15, 0.2) is 0 Å². The maximum atomic E-state index is 13.9. The molecule has 0 aromatic heterocycles. The Kier molecular flexibility index (Phi) is 6.04. The van der Waals surface area contributed by atoms with Crippen LogP contribution < -0.4 is 5.32 Å². The Hall–Kier alpha value is -2.20. The van der Waals surface area contributed by atoms with Gasteiger partial charge in [0.2, 0.25) is 5.91 Å². The largest absolute Gasteiger partial charge is 0.352 e. The van der Waals surface area contributed by atoms with Crippen LogP contribution in [0.4, 0.5) is 4.39 Å². The summed E-state index contributed by atoms with van der Waals surface area (Å²) in [5.74, 6) is -0.280. The topological polar surface area (TPSA) is 32.3 Å². The van der Waals surface area contributed by atoms with Crippen LogP contribution in [0.3, 0.4) is 0 Å². The lowest BCUT2D eigenvalue weighted by atomic mass is 10.1. The first-order valence-corrected chi connectivity index (χ1v) is 9.45. The summed E-state index contributed by atoms with van der Waals surface area (Å²) in [5, 5.41) is 3.05. The molecule has 2 aromatic rings. The molecule has 1 aliphatic carbocycles. The number of carbonyl (C=O) groups is 1. The first kappa shape index (κ1) is 18.6. The highest BCUT2D eigenvalue weighted by molar-refractivity contribution is 5.82. The van der Waals surface area contributed by atoms with E-state index in [0.717, 1.165) is 31.6 Å². The predicted octanol–water partition coefficient (Wildman–Crippen LogP) is 4.09. The molecule has 0 heterocycles. The van der Waals surface area contributed by atoms with Crippen molar-refractivity contribution in [2.24, 2.45) is 5.92 Å². The molecule has 2 atom stereocenters. The number of amides is 1. The van der Waals surface area contributed by atoms with Crippen LogP contribution in [0.2, 0.25) is 0 Å². The molecule has 2 aromatic carbocycles. The number of hydrogen-bond donors (Lipinski definition) is 1. The van der Waals surface area contributed by atoms with Gasteiger partial charge in [-0.1, -0.05) is 56.3 Å². The minimum absolute atomic E-state index is 0.0159. The second-order valence-corrected chi connectivity index (χ2v) is 6.92. The molecule has 0 spiro atoms. The number of carbonyl (C=O) groups excluding carboxylic acids is 1. The smallest absolute Gasteiger partial charge is 0.224 e. The number of hydrogen-bond acceptors (Lipinski definition) is 2. The molecule has 3 nitrogen and oxygen atoms in total. The third-order valence-electron chi connectivity index (χ3n) is 5.29. The number of nitrogens with one attached hydrogen (secondary N) is 1. The molecule has 1 aliphatic rings. The van der Waals surface area contributed by atoms with E-state index in [-0.39, 0.29) is 23.6 Å². The Morgan fingerprint density at radius 2 is 1.73 bits per heavy atom. The summed E-state index contributed by atoms with van der Waals surface area (Å²) < 4.78 is 13.9. The maximum absolute atomic E-state index is 13.9. The third kappa shape index (κ3) is 4.31. The van der Waals surface area contributed by atoms with Gasteiger partial charge in [0.05, 0.1) is 0 Å². The van der Waals surface area contributed by atoms with E-state index in [9.17, 15) is 9.18 Å². The molecule has 138 valence electrons. The fourth-order valence-corrected chi connectivity index (χ4v) is 3.49. The maximum Gasteiger partial charge on any atom is 0.224 e. The number of nitrogens with zero attached hydrogens (tertiary/aromatic N) is 1. The minimum Gasteiger partial charge on any atom is -0.352 e. The van der Waals surface area contributed by atoms with Gasteiger partial charge in [-0.05, 0) is 48.2 Å². The number of rotatable bonds is 8. The van der Waals surface area contributed by atoms with Crippen molar-refractivity contribution in [2.45, 2.75) is 39.3 Å². The highest BCUT2D eigenvalue weighted by Crippen LogP contribution is 2.48. The predicted molar refractivity (Wildman–Crippen MR) is 102 cm³/mol. The van der Waals surface area contributed by atoms with Crippen LogP contribution in [0.25, 0.3) is 0 Å². The molecule has 4 heteroatoms. The zero-order chi connectivity index (χ0) is 18.5. The summed E-state index contributed by atoms with van der Waals surface area (Å²) in [6.45, 7) is 7.73. The number of halogens is 1.